The average Bonchev–Trinajstić information content (AvgIpc) is 2.73. The molecule has 2 aromatic heterocycles. The molecule has 0 aliphatic carbocycles. The predicted molar refractivity (Wildman–Crippen MR) is 62.0 cm³/mol. The maximum Gasteiger partial charge on any atom is 0.210 e. The van der Waals surface area contributed by atoms with Crippen LogP contribution in [-0.2, 0) is 0 Å². The summed E-state index contributed by atoms with van der Waals surface area (Å²) < 4.78 is 1.89. The number of fused-ring (bicyclic) bond motifs is 3. The van der Waals surface area contributed by atoms with Crippen molar-refractivity contribution >= 4 is 28.3 Å². The first-order chi connectivity index (χ1) is 7.90. The minimum atomic E-state index is 0.606. The number of thiocyanates is 1. The highest BCUT2D eigenvalue weighted by Gasteiger charge is 2.08. The van der Waals surface area contributed by atoms with Crippen molar-refractivity contribution in [2.45, 2.75) is 5.16 Å². The summed E-state index contributed by atoms with van der Waals surface area (Å²) in [6.45, 7) is 0. The standard InChI is InChI=1S/C11H6N4S/c12-7-16-11-14-13-10-6-5-8-3-1-2-4-9(8)15(10)11/h1-6H. The highest BCUT2D eigenvalue weighted by molar-refractivity contribution is 8.03. The van der Waals surface area contributed by atoms with Gasteiger partial charge in [-0.25, -0.2) is 0 Å². The smallest absolute Gasteiger partial charge is 0.210 e. The van der Waals surface area contributed by atoms with Crippen molar-refractivity contribution in [1.29, 1.82) is 5.26 Å². The van der Waals surface area contributed by atoms with Crippen molar-refractivity contribution in [2.75, 3.05) is 0 Å². The second kappa shape index (κ2) is 3.51. The van der Waals surface area contributed by atoms with Crippen molar-refractivity contribution in [3.05, 3.63) is 36.4 Å². The molecule has 1 aromatic carbocycles. The largest absolute Gasteiger partial charge is 0.269 e. The molecule has 5 heteroatoms. The Kier molecular flexibility index (Phi) is 2.01. The maximum atomic E-state index is 8.70. The third-order valence-electron chi connectivity index (χ3n) is 2.38. The highest BCUT2D eigenvalue weighted by atomic mass is 32.2. The molecule has 0 fully saturated rings. The van der Waals surface area contributed by atoms with Crippen LogP contribution >= 0.6 is 11.8 Å². The lowest BCUT2D eigenvalue weighted by molar-refractivity contribution is 0.944. The number of hydrogen-bond donors (Lipinski definition) is 0. The Morgan fingerprint density at radius 3 is 2.88 bits per heavy atom. The van der Waals surface area contributed by atoms with Gasteiger partial charge in [-0.1, -0.05) is 18.2 Å². The van der Waals surface area contributed by atoms with E-state index in [4.69, 9.17) is 5.26 Å². The molecular weight excluding hydrogens is 220 g/mol. The number of benzene rings is 1. The van der Waals surface area contributed by atoms with Gasteiger partial charge in [0.25, 0.3) is 0 Å². The zero-order valence-corrected chi connectivity index (χ0v) is 8.98. The highest BCUT2D eigenvalue weighted by Crippen LogP contribution is 2.22. The molecule has 0 spiro atoms. The number of thioether (sulfide) groups is 1. The number of nitriles is 1. The molecule has 0 unspecified atom stereocenters. The lowest BCUT2D eigenvalue weighted by Crippen LogP contribution is -1.89. The van der Waals surface area contributed by atoms with E-state index in [0.29, 0.717) is 5.16 Å². The van der Waals surface area contributed by atoms with Crippen LogP contribution < -0.4 is 0 Å². The number of pyridine rings is 1. The molecule has 0 saturated heterocycles. The van der Waals surface area contributed by atoms with E-state index in [1.54, 1.807) is 0 Å². The first-order valence-electron chi connectivity index (χ1n) is 4.69. The van der Waals surface area contributed by atoms with Crippen LogP contribution in [0.1, 0.15) is 0 Å². The molecule has 0 N–H and O–H groups in total. The molecule has 0 radical (unpaired) electrons. The number of para-hydroxylation sites is 1. The van der Waals surface area contributed by atoms with E-state index in [1.807, 2.05) is 46.2 Å². The summed E-state index contributed by atoms with van der Waals surface area (Å²) in [5.41, 5.74) is 1.78. The van der Waals surface area contributed by atoms with Crippen LogP contribution in [0.25, 0.3) is 16.6 Å². The van der Waals surface area contributed by atoms with Crippen LogP contribution in [0.3, 0.4) is 0 Å². The second-order valence-corrected chi connectivity index (χ2v) is 4.01. The van der Waals surface area contributed by atoms with Gasteiger partial charge in [-0.05, 0) is 23.6 Å². The maximum absolute atomic E-state index is 8.70. The van der Waals surface area contributed by atoms with Crippen molar-refractivity contribution in [2.24, 2.45) is 0 Å². The molecule has 0 amide bonds. The quantitative estimate of drug-likeness (QED) is 0.472. The summed E-state index contributed by atoms with van der Waals surface area (Å²) in [6, 6.07) is 11.9. The van der Waals surface area contributed by atoms with E-state index < -0.39 is 0 Å². The van der Waals surface area contributed by atoms with E-state index in [1.165, 1.54) is 0 Å². The van der Waals surface area contributed by atoms with Crippen LogP contribution in [0.15, 0.2) is 41.6 Å². The summed E-state index contributed by atoms with van der Waals surface area (Å²) >= 11 is 1.02. The van der Waals surface area contributed by atoms with Crippen molar-refractivity contribution < 1.29 is 0 Å². The number of nitrogens with zero attached hydrogens (tertiary/aromatic N) is 4. The predicted octanol–water partition coefficient (Wildman–Crippen LogP) is 2.46. The zero-order chi connectivity index (χ0) is 11.0. The molecule has 0 aliphatic heterocycles. The first-order valence-corrected chi connectivity index (χ1v) is 5.50. The van der Waals surface area contributed by atoms with Crippen LogP contribution in [0.4, 0.5) is 0 Å². The van der Waals surface area contributed by atoms with Crippen molar-refractivity contribution in [3.8, 4) is 5.40 Å². The summed E-state index contributed by atoms with van der Waals surface area (Å²) in [4.78, 5) is 0. The van der Waals surface area contributed by atoms with Crippen molar-refractivity contribution in [3.63, 3.8) is 0 Å². The minimum absolute atomic E-state index is 0.606. The van der Waals surface area contributed by atoms with E-state index in [2.05, 4.69) is 10.2 Å². The van der Waals surface area contributed by atoms with Crippen LogP contribution in [0.5, 0.6) is 0 Å². The SMILES string of the molecule is N#CSc1nnc2ccc3ccccc3n12. The van der Waals surface area contributed by atoms with Gasteiger partial charge in [0.05, 0.1) is 5.52 Å². The zero-order valence-electron chi connectivity index (χ0n) is 8.16. The lowest BCUT2D eigenvalue weighted by Gasteiger charge is -2.01. The molecule has 0 saturated carbocycles. The number of aromatic nitrogens is 3. The Morgan fingerprint density at radius 2 is 2.00 bits per heavy atom. The van der Waals surface area contributed by atoms with E-state index in [9.17, 15) is 0 Å². The summed E-state index contributed by atoms with van der Waals surface area (Å²) in [5.74, 6) is 0. The van der Waals surface area contributed by atoms with Crippen LogP contribution in [-0.4, -0.2) is 14.6 Å². The molecule has 0 bridgehead atoms. The first kappa shape index (κ1) is 9.19. The second-order valence-electron chi connectivity index (χ2n) is 3.26. The molecule has 0 aliphatic rings. The Morgan fingerprint density at radius 1 is 1.12 bits per heavy atom. The fourth-order valence-corrected chi connectivity index (χ4v) is 2.17. The molecule has 2 heterocycles. The Labute approximate surface area is 95.5 Å². The minimum Gasteiger partial charge on any atom is -0.269 e. The third kappa shape index (κ3) is 1.24. The van der Waals surface area contributed by atoms with E-state index >= 15 is 0 Å². The summed E-state index contributed by atoms with van der Waals surface area (Å²) in [6.07, 6.45) is 0. The van der Waals surface area contributed by atoms with Gasteiger partial charge in [-0.3, -0.25) is 4.40 Å². The van der Waals surface area contributed by atoms with E-state index in [-0.39, 0.29) is 0 Å². The lowest BCUT2D eigenvalue weighted by atomic mass is 10.2. The fraction of sp³-hybridized carbons (Fsp3) is 0. The third-order valence-corrected chi connectivity index (χ3v) is 2.92. The Bertz CT molecular complexity index is 711. The topological polar surface area (TPSA) is 54.0 Å². The van der Waals surface area contributed by atoms with Crippen LogP contribution in [0, 0.1) is 10.7 Å². The normalized spacial score (nSPS) is 10.7. The number of hydrogen-bond acceptors (Lipinski definition) is 4. The van der Waals surface area contributed by atoms with Gasteiger partial charge in [0.2, 0.25) is 5.16 Å². The van der Waals surface area contributed by atoms with Gasteiger partial charge < -0.3 is 0 Å². The van der Waals surface area contributed by atoms with Gasteiger partial charge in [0, 0.05) is 11.8 Å². The Balaban J connectivity index is 2.48. The molecular formula is C11H6N4S. The van der Waals surface area contributed by atoms with E-state index in [0.717, 1.165) is 28.3 Å². The van der Waals surface area contributed by atoms with Gasteiger partial charge in [0.15, 0.2) is 5.65 Å². The summed E-state index contributed by atoms with van der Waals surface area (Å²) in [5, 5.41) is 20.5. The van der Waals surface area contributed by atoms with Gasteiger partial charge in [-0.2, -0.15) is 5.26 Å². The molecule has 16 heavy (non-hydrogen) atoms. The fourth-order valence-electron chi connectivity index (χ4n) is 1.72. The molecule has 3 rings (SSSR count). The molecule has 3 aromatic rings. The molecule has 4 nitrogen and oxygen atoms in total. The van der Waals surface area contributed by atoms with Gasteiger partial charge in [0.1, 0.15) is 5.40 Å². The number of rotatable bonds is 1. The Hall–Kier alpha value is -2.06. The molecule has 76 valence electrons. The monoisotopic (exact) mass is 226 g/mol. The molecule has 0 atom stereocenters. The average molecular weight is 226 g/mol. The van der Waals surface area contributed by atoms with Crippen molar-refractivity contribution in [1.82, 2.24) is 14.6 Å². The van der Waals surface area contributed by atoms with Crippen LogP contribution in [0.2, 0.25) is 0 Å². The van der Waals surface area contributed by atoms with Gasteiger partial charge >= 0.3 is 0 Å². The summed E-state index contributed by atoms with van der Waals surface area (Å²) in [7, 11) is 0. The van der Waals surface area contributed by atoms with Gasteiger partial charge in [-0.15, -0.1) is 10.2 Å².